The van der Waals surface area contributed by atoms with Crippen molar-refractivity contribution in [3.63, 3.8) is 0 Å². The minimum atomic E-state index is -0.310. The van der Waals surface area contributed by atoms with Crippen LogP contribution < -0.4 is 5.32 Å². The molecule has 17 heavy (non-hydrogen) atoms. The second-order valence-electron chi connectivity index (χ2n) is 3.67. The van der Waals surface area contributed by atoms with Crippen molar-refractivity contribution in [2.24, 2.45) is 7.05 Å². The molecule has 2 N–H and O–H groups in total. The standard InChI is InChI=1S/C11H12N4O2/c1-7(16)8-5-9(15(2)6-8)10(17)14-11-12-3-4-13-11/h3-6H,1-2H3,(H2,12,13,14,17). The van der Waals surface area contributed by atoms with Crippen LogP contribution in [0.15, 0.2) is 24.7 Å². The van der Waals surface area contributed by atoms with Gasteiger partial charge in [-0.3, -0.25) is 14.9 Å². The molecule has 0 saturated carbocycles. The number of aromatic amines is 1. The Kier molecular flexibility index (Phi) is 2.78. The average molecular weight is 232 g/mol. The highest BCUT2D eigenvalue weighted by atomic mass is 16.2. The summed E-state index contributed by atoms with van der Waals surface area (Å²) in [4.78, 5) is 29.7. The van der Waals surface area contributed by atoms with E-state index in [0.717, 1.165) is 0 Å². The molecule has 2 aromatic rings. The lowest BCUT2D eigenvalue weighted by Gasteiger charge is -2.02. The first-order valence-corrected chi connectivity index (χ1v) is 5.06. The van der Waals surface area contributed by atoms with Crippen LogP contribution in [0.25, 0.3) is 0 Å². The normalized spacial score (nSPS) is 10.2. The number of aromatic nitrogens is 3. The number of carbonyl (C=O) groups is 2. The fraction of sp³-hybridized carbons (Fsp3) is 0.182. The van der Waals surface area contributed by atoms with E-state index in [1.54, 1.807) is 36.3 Å². The van der Waals surface area contributed by atoms with Gasteiger partial charge in [0.25, 0.3) is 5.91 Å². The van der Waals surface area contributed by atoms with Gasteiger partial charge in [0.2, 0.25) is 5.95 Å². The maximum atomic E-state index is 11.9. The first kappa shape index (κ1) is 11.1. The van der Waals surface area contributed by atoms with Crippen molar-refractivity contribution in [2.75, 3.05) is 5.32 Å². The maximum absolute atomic E-state index is 11.9. The van der Waals surface area contributed by atoms with Gasteiger partial charge in [-0.1, -0.05) is 0 Å². The lowest BCUT2D eigenvalue weighted by molar-refractivity contribution is 0.101. The number of hydrogen-bond donors (Lipinski definition) is 2. The molecule has 0 unspecified atom stereocenters. The highest BCUT2D eigenvalue weighted by molar-refractivity contribution is 6.04. The van der Waals surface area contributed by atoms with Crippen LogP contribution in [0.2, 0.25) is 0 Å². The molecular weight excluding hydrogens is 220 g/mol. The number of anilines is 1. The summed E-state index contributed by atoms with van der Waals surface area (Å²) in [6.07, 6.45) is 4.78. The van der Waals surface area contributed by atoms with Crippen molar-refractivity contribution in [2.45, 2.75) is 6.92 Å². The monoisotopic (exact) mass is 232 g/mol. The summed E-state index contributed by atoms with van der Waals surface area (Å²) in [5, 5.41) is 2.59. The zero-order chi connectivity index (χ0) is 12.4. The molecule has 2 rings (SSSR count). The first-order chi connectivity index (χ1) is 8.08. The third-order valence-electron chi connectivity index (χ3n) is 2.37. The predicted molar refractivity (Wildman–Crippen MR) is 62.0 cm³/mol. The van der Waals surface area contributed by atoms with E-state index in [2.05, 4.69) is 15.3 Å². The lowest BCUT2D eigenvalue weighted by Crippen LogP contribution is -2.16. The molecule has 88 valence electrons. The number of ketones is 1. The summed E-state index contributed by atoms with van der Waals surface area (Å²) in [6, 6.07) is 1.56. The van der Waals surface area contributed by atoms with Crippen LogP contribution in [0.3, 0.4) is 0 Å². The molecule has 6 heteroatoms. The van der Waals surface area contributed by atoms with Crippen LogP contribution in [0.4, 0.5) is 5.95 Å². The topological polar surface area (TPSA) is 79.8 Å². The summed E-state index contributed by atoms with van der Waals surface area (Å²) in [5.41, 5.74) is 0.920. The van der Waals surface area contributed by atoms with Crippen molar-refractivity contribution in [1.29, 1.82) is 0 Å². The first-order valence-electron chi connectivity index (χ1n) is 5.06. The Morgan fingerprint density at radius 1 is 1.47 bits per heavy atom. The minimum Gasteiger partial charge on any atom is -0.346 e. The molecule has 0 fully saturated rings. The second-order valence-corrected chi connectivity index (χ2v) is 3.67. The number of hydrogen-bond acceptors (Lipinski definition) is 3. The largest absolute Gasteiger partial charge is 0.346 e. The summed E-state index contributed by atoms with van der Waals surface area (Å²) in [7, 11) is 1.71. The fourth-order valence-electron chi connectivity index (χ4n) is 1.49. The van der Waals surface area contributed by atoms with Gasteiger partial charge in [-0.15, -0.1) is 0 Å². The van der Waals surface area contributed by atoms with Gasteiger partial charge >= 0.3 is 0 Å². The van der Waals surface area contributed by atoms with Gasteiger partial charge in [0.1, 0.15) is 5.69 Å². The Morgan fingerprint density at radius 3 is 2.76 bits per heavy atom. The van der Waals surface area contributed by atoms with E-state index in [1.807, 2.05) is 0 Å². The Morgan fingerprint density at radius 2 is 2.24 bits per heavy atom. The van der Waals surface area contributed by atoms with E-state index in [-0.39, 0.29) is 11.7 Å². The van der Waals surface area contributed by atoms with Gasteiger partial charge in [-0.25, -0.2) is 4.98 Å². The van der Waals surface area contributed by atoms with E-state index in [1.165, 1.54) is 6.92 Å². The number of aryl methyl sites for hydroxylation is 1. The highest BCUT2D eigenvalue weighted by Gasteiger charge is 2.14. The van der Waals surface area contributed by atoms with Crippen LogP contribution in [0, 0.1) is 0 Å². The third kappa shape index (κ3) is 2.25. The van der Waals surface area contributed by atoms with Crippen LogP contribution in [-0.2, 0) is 7.05 Å². The summed E-state index contributed by atoms with van der Waals surface area (Å²) in [5.74, 6) is -0.00632. The van der Waals surface area contributed by atoms with Crippen LogP contribution in [-0.4, -0.2) is 26.2 Å². The molecule has 6 nitrogen and oxygen atoms in total. The van der Waals surface area contributed by atoms with Crippen LogP contribution >= 0.6 is 0 Å². The number of nitrogens with one attached hydrogen (secondary N) is 2. The van der Waals surface area contributed by atoms with Crippen molar-refractivity contribution in [3.05, 3.63) is 35.9 Å². The zero-order valence-electron chi connectivity index (χ0n) is 9.52. The van der Waals surface area contributed by atoms with Gasteiger partial charge in [0, 0.05) is 31.2 Å². The van der Waals surface area contributed by atoms with E-state index in [0.29, 0.717) is 17.2 Å². The van der Waals surface area contributed by atoms with Crippen molar-refractivity contribution in [1.82, 2.24) is 14.5 Å². The lowest BCUT2D eigenvalue weighted by atomic mass is 10.2. The Labute approximate surface area is 97.7 Å². The Balaban J connectivity index is 2.22. The van der Waals surface area contributed by atoms with Crippen molar-refractivity contribution in [3.8, 4) is 0 Å². The van der Waals surface area contributed by atoms with Crippen LogP contribution in [0.1, 0.15) is 27.8 Å². The molecule has 0 aliphatic carbocycles. The fourth-order valence-corrected chi connectivity index (χ4v) is 1.49. The molecule has 0 bridgehead atoms. The molecule has 0 spiro atoms. The van der Waals surface area contributed by atoms with Gasteiger partial charge in [-0.05, 0) is 13.0 Å². The molecule has 0 saturated heterocycles. The number of carbonyl (C=O) groups excluding carboxylic acids is 2. The van der Waals surface area contributed by atoms with Crippen molar-refractivity contribution >= 4 is 17.6 Å². The van der Waals surface area contributed by atoms with Gasteiger partial charge in [-0.2, -0.15) is 0 Å². The number of H-pyrrole nitrogens is 1. The van der Waals surface area contributed by atoms with Gasteiger partial charge in [0.15, 0.2) is 5.78 Å². The van der Waals surface area contributed by atoms with E-state index < -0.39 is 0 Å². The van der Waals surface area contributed by atoms with Crippen LogP contribution in [0.5, 0.6) is 0 Å². The highest BCUT2D eigenvalue weighted by Crippen LogP contribution is 2.09. The number of nitrogens with zero attached hydrogens (tertiary/aromatic N) is 2. The number of amides is 1. The van der Waals surface area contributed by atoms with Gasteiger partial charge < -0.3 is 9.55 Å². The summed E-state index contributed by atoms with van der Waals surface area (Å²) in [6.45, 7) is 1.46. The molecule has 1 amide bonds. The van der Waals surface area contributed by atoms with Gasteiger partial charge in [0.05, 0.1) is 0 Å². The smallest absolute Gasteiger partial charge is 0.274 e. The zero-order valence-corrected chi connectivity index (χ0v) is 9.52. The second kappa shape index (κ2) is 4.25. The van der Waals surface area contributed by atoms with E-state index >= 15 is 0 Å². The number of rotatable bonds is 3. The van der Waals surface area contributed by atoms with Crippen molar-refractivity contribution < 1.29 is 9.59 Å². The molecule has 0 atom stereocenters. The summed E-state index contributed by atoms with van der Waals surface area (Å²) >= 11 is 0. The number of imidazole rings is 1. The Hall–Kier alpha value is -2.37. The molecule has 0 aromatic carbocycles. The predicted octanol–water partition coefficient (Wildman–Crippen LogP) is 1.20. The molecule has 0 aliphatic rings. The third-order valence-corrected chi connectivity index (χ3v) is 2.37. The van der Waals surface area contributed by atoms with E-state index in [9.17, 15) is 9.59 Å². The maximum Gasteiger partial charge on any atom is 0.274 e. The molecule has 2 aromatic heterocycles. The molecule has 2 heterocycles. The summed E-state index contributed by atoms with van der Waals surface area (Å²) < 4.78 is 1.61. The average Bonchev–Trinajstić information content (AvgIpc) is 2.86. The quantitative estimate of drug-likeness (QED) is 0.780. The minimum absolute atomic E-state index is 0.0716. The molecular formula is C11H12N4O2. The Bertz CT molecular complexity index is 554. The number of Topliss-reactive ketones (excluding diaryl/α,β-unsaturated/α-hetero) is 1. The molecule has 0 aliphatic heterocycles. The van der Waals surface area contributed by atoms with E-state index in [4.69, 9.17) is 0 Å². The SMILES string of the molecule is CC(=O)c1cc(C(=O)Nc2ncc[nH]2)n(C)c1. The molecule has 0 radical (unpaired) electrons.